The van der Waals surface area contributed by atoms with Crippen LogP contribution < -0.4 is 10.6 Å². The van der Waals surface area contributed by atoms with E-state index in [4.69, 9.17) is 5.11 Å². The standard InChI is InChI=1S/C11H16N2O2/c1-12-6-5-11(15)13-10-4-2-3-9(7-10)8-14/h2-4,7,12,14H,5-6,8H2,1H3,(H,13,15). The molecule has 0 aliphatic carbocycles. The minimum absolute atomic E-state index is 0.0137. The van der Waals surface area contributed by atoms with Crippen molar-refractivity contribution in [3.63, 3.8) is 0 Å². The topological polar surface area (TPSA) is 61.4 Å². The molecule has 0 bridgehead atoms. The smallest absolute Gasteiger partial charge is 0.225 e. The summed E-state index contributed by atoms with van der Waals surface area (Å²) < 4.78 is 0. The minimum atomic E-state index is -0.0283. The molecule has 0 radical (unpaired) electrons. The van der Waals surface area contributed by atoms with Gasteiger partial charge in [0.1, 0.15) is 0 Å². The normalized spacial score (nSPS) is 10.0. The second-order valence-electron chi connectivity index (χ2n) is 3.26. The Morgan fingerprint density at radius 2 is 2.27 bits per heavy atom. The molecule has 0 saturated heterocycles. The van der Waals surface area contributed by atoms with Crippen LogP contribution in [-0.4, -0.2) is 24.6 Å². The third-order valence-electron chi connectivity index (χ3n) is 2.00. The van der Waals surface area contributed by atoms with Gasteiger partial charge in [0.25, 0.3) is 0 Å². The molecule has 4 heteroatoms. The average molecular weight is 208 g/mol. The van der Waals surface area contributed by atoms with E-state index in [2.05, 4.69) is 10.6 Å². The highest BCUT2D eigenvalue weighted by molar-refractivity contribution is 5.90. The van der Waals surface area contributed by atoms with E-state index in [1.165, 1.54) is 0 Å². The van der Waals surface area contributed by atoms with Gasteiger partial charge in [0, 0.05) is 18.7 Å². The fourth-order valence-corrected chi connectivity index (χ4v) is 1.21. The maximum absolute atomic E-state index is 11.4. The summed E-state index contributed by atoms with van der Waals surface area (Å²) in [6.07, 6.45) is 0.444. The van der Waals surface area contributed by atoms with Crippen LogP contribution in [0.4, 0.5) is 5.69 Å². The summed E-state index contributed by atoms with van der Waals surface area (Å²) in [5.74, 6) is -0.0283. The molecule has 15 heavy (non-hydrogen) atoms. The lowest BCUT2D eigenvalue weighted by molar-refractivity contribution is -0.116. The molecule has 0 unspecified atom stereocenters. The van der Waals surface area contributed by atoms with Gasteiger partial charge in [-0.05, 0) is 24.7 Å². The lowest BCUT2D eigenvalue weighted by Crippen LogP contribution is -2.18. The number of aliphatic hydroxyl groups excluding tert-OH is 1. The van der Waals surface area contributed by atoms with Gasteiger partial charge in [-0.15, -0.1) is 0 Å². The third-order valence-corrected chi connectivity index (χ3v) is 2.00. The molecule has 0 spiro atoms. The molecule has 1 aromatic carbocycles. The molecular formula is C11H16N2O2. The average Bonchev–Trinajstić information content (AvgIpc) is 2.26. The maximum atomic E-state index is 11.4. The number of carbonyl (C=O) groups excluding carboxylic acids is 1. The first kappa shape index (κ1) is 11.7. The molecule has 0 atom stereocenters. The first-order valence-corrected chi connectivity index (χ1v) is 4.90. The van der Waals surface area contributed by atoms with Gasteiger partial charge in [-0.3, -0.25) is 4.79 Å². The number of hydrogen-bond donors (Lipinski definition) is 3. The Labute approximate surface area is 89.3 Å². The van der Waals surface area contributed by atoms with Crippen molar-refractivity contribution in [2.75, 3.05) is 18.9 Å². The predicted octanol–water partition coefficient (Wildman–Crippen LogP) is 0.727. The second-order valence-corrected chi connectivity index (χ2v) is 3.26. The quantitative estimate of drug-likeness (QED) is 0.668. The highest BCUT2D eigenvalue weighted by Gasteiger charge is 2.01. The van der Waals surface area contributed by atoms with Crippen molar-refractivity contribution in [2.24, 2.45) is 0 Å². The van der Waals surface area contributed by atoms with Crippen molar-refractivity contribution in [1.29, 1.82) is 0 Å². The van der Waals surface area contributed by atoms with E-state index in [0.29, 0.717) is 13.0 Å². The summed E-state index contributed by atoms with van der Waals surface area (Å²) in [5, 5.41) is 14.6. The van der Waals surface area contributed by atoms with E-state index in [0.717, 1.165) is 11.3 Å². The van der Waals surface area contributed by atoms with E-state index in [1.54, 1.807) is 25.2 Å². The SMILES string of the molecule is CNCCC(=O)Nc1cccc(CO)c1. The molecule has 3 N–H and O–H groups in total. The van der Waals surface area contributed by atoms with Crippen molar-refractivity contribution in [2.45, 2.75) is 13.0 Å². The van der Waals surface area contributed by atoms with Crippen LogP contribution in [0.1, 0.15) is 12.0 Å². The summed E-state index contributed by atoms with van der Waals surface area (Å²) in [5.41, 5.74) is 1.52. The number of anilines is 1. The monoisotopic (exact) mass is 208 g/mol. The molecule has 1 rings (SSSR count). The highest BCUT2D eigenvalue weighted by Crippen LogP contribution is 2.10. The van der Waals surface area contributed by atoms with Crippen LogP contribution in [0, 0.1) is 0 Å². The third kappa shape index (κ3) is 4.10. The fourth-order valence-electron chi connectivity index (χ4n) is 1.21. The highest BCUT2D eigenvalue weighted by atomic mass is 16.3. The van der Waals surface area contributed by atoms with Crippen LogP contribution in [0.15, 0.2) is 24.3 Å². The van der Waals surface area contributed by atoms with Crippen LogP contribution in [0.3, 0.4) is 0 Å². The molecule has 0 saturated carbocycles. The zero-order valence-electron chi connectivity index (χ0n) is 8.79. The predicted molar refractivity (Wildman–Crippen MR) is 59.5 cm³/mol. The van der Waals surface area contributed by atoms with Crippen molar-refractivity contribution >= 4 is 11.6 Å². The van der Waals surface area contributed by atoms with Gasteiger partial charge >= 0.3 is 0 Å². The second kappa shape index (κ2) is 6.16. The zero-order chi connectivity index (χ0) is 11.1. The molecule has 1 aromatic rings. The lowest BCUT2D eigenvalue weighted by atomic mass is 10.2. The number of carbonyl (C=O) groups is 1. The minimum Gasteiger partial charge on any atom is -0.392 e. The molecule has 82 valence electrons. The number of hydrogen-bond acceptors (Lipinski definition) is 3. The number of rotatable bonds is 5. The van der Waals surface area contributed by atoms with Gasteiger partial charge in [0.05, 0.1) is 6.61 Å². The summed E-state index contributed by atoms with van der Waals surface area (Å²) in [6.45, 7) is 0.645. The van der Waals surface area contributed by atoms with E-state index >= 15 is 0 Å². The maximum Gasteiger partial charge on any atom is 0.225 e. The van der Waals surface area contributed by atoms with Crippen molar-refractivity contribution in [1.82, 2.24) is 5.32 Å². The van der Waals surface area contributed by atoms with Gasteiger partial charge < -0.3 is 15.7 Å². The Balaban J connectivity index is 2.52. The molecule has 4 nitrogen and oxygen atoms in total. The molecule has 0 aromatic heterocycles. The first-order valence-electron chi connectivity index (χ1n) is 4.90. The summed E-state index contributed by atoms with van der Waals surface area (Å²) >= 11 is 0. The van der Waals surface area contributed by atoms with E-state index in [-0.39, 0.29) is 12.5 Å². The van der Waals surface area contributed by atoms with Crippen LogP contribution in [0.5, 0.6) is 0 Å². The summed E-state index contributed by atoms with van der Waals surface area (Å²) in [4.78, 5) is 11.4. The zero-order valence-corrected chi connectivity index (χ0v) is 8.79. The summed E-state index contributed by atoms with van der Waals surface area (Å²) in [6, 6.07) is 7.18. The number of amides is 1. The van der Waals surface area contributed by atoms with Crippen molar-refractivity contribution in [3.05, 3.63) is 29.8 Å². The van der Waals surface area contributed by atoms with Crippen molar-refractivity contribution < 1.29 is 9.90 Å². The van der Waals surface area contributed by atoms with Crippen LogP contribution in [0.25, 0.3) is 0 Å². The first-order chi connectivity index (χ1) is 7.26. The fraction of sp³-hybridized carbons (Fsp3) is 0.364. The van der Waals surface area contributed by atoms with E-state index < -0.39 is 0 Å². The van der Waals surface area contributed by atoms with E-state index in [9.17, 15) is 4.79 Å². The van der Waals surface area contributed by atoms with Gasteiger partial charge in [0.2, 0.25) is 5.91 Å². The molecule has 0 fully saturated rings. The largest absolute Gasteiger partial charge is 0.392 e. The van der Waals surface area contributed by atoms with Gasteiger partial charge in [-0.2, -0.15) is 0 Å². The summed E-state index contributed by atoms with van der Waals surface area (Å²) in [7, 11) is 1.81. The van der Waals surface area contributed by atoms with Gasteiger partial charge in [-0.25, -0.2) is 0 Å². The Kier molecular flexibility index (Phi) is 4.80. The van der Waals surface area contributed by atoms with E-state index in [1.807, 2.05) is 6.07 Å². The molecular weight excluding hydrogens is 192 g/mol. The lowest BCUT2D eigenvalue weighted by Gasteiger charge is -2.06. The number of benzene rings is 1. The Morgan fingerprint density at radius 3 is 2.93 bits per heavy atom. The van der Waals surface area contributed by atoms with Crippen LogP contribution >= 0.6 is 0 Å². The number of aliphatic hydroxyl groups is 1. The molecule has 0 aliphatic rings. The molecule has 0 aliphatic heterocycles. The molecule has 0 heterocycles. The Hall–Kier alpha value is -1.39. The Bertz CT molecular complexity index is 326. The van der Waals surface area contributed by atoms with Crippen molar-refractivity contribution in [3.8, 4) is 0 Å². The Morgan fingerprint density at radius 1 is 1.47 bits per heavy atom. The van der Waals surface area contributed by atoms with Crippen LogP contribution in [-0.2, 0) is 11.4 Å². The van der Waals surface area contributed by atoms with Gasteiger partial charge in [-0.1, -0.05) is 12.1 Å². The molecule has 1 amide bonds. The number of nitrogens with one attached hydrogen (secondary N) is 2. The van der Waals surface area contributed by atoms with Crippen LogP contribution in [0.2, 0.25) is 0 Å². The van der Waals surface area contributed by atoms with Gasteiger partial charge in [0.15, 0.2) is 0 Å².